The van der Waals surface area contributed by atoms with E-state index in [4.69, 9.17) is 4.74 Å². The van der Waals surface area contributed by atoms with Gasteiger partial charge >= 0.3 is 6.18 Å². The topological polar surface area (TPSA) is 69.0 Å². The molecule has 10 heteroatoms. The number of hydrogen-bond donors (Lipinski definition) is 1. The van der Waals surface area contributed by atoms with E-state index in [1.807, 2.05) is 30.3 Å². The standard InChI is InChI=1S/C25H21F3N4O2S/c1-34-21-12-10-18(11-13-21)23-30-31-24(32(23)20-9-5-8-19(14-20)25(26,27)28)35-16-22(33)29-15-17-6-3-2-4-7-17/h2-14H,15-16H2,1H3,(H,29,33). The largest absolute Gasteiger partial charge is 0.497 e. The van der Waals surface area contributed by atoms with Gasteiger partial charge < -0.3 is 10.1 Å². The first kappa shape index (κ1) is 24.3. The van der Waals surface area contributed by atoms with Crippen LogP contribution < -0.4 is 10.1 Å². The molecule has 1 aromatic heterocycles. The molecule has 0 bridgehead atoms. The Bertz CT molecular complexity index is 1290. The van der Waals surface area contributed by atoms with Crippen LogP contribution in [-0.4, -0.2) is 33.5 Å². The van der Waals surface area contributed by atoms with Crippen molar-refractivity contribution < 1.29 is 22.7 Å². The molecule has 0 fully saturated rings. The first-order valence-corrected chi connectivity index (χ1v) is 11.5. The van der Waals surface area contributed by atoms with E-state index in [2.05, 4.69) is 15.5 Å². The van der Waals surface area contributed by atoms with Crippen molar-refractivity contribution in [3.63, 3.8) is 0 Å². The number of benzene rings is 3. The van der Waals surface area contributed by atoms with Crippen LogP contribution in [0.3, 0.4) is 0 Å². The lowest BCUT2D eigenvalue weighted by Crippen LogP contribution is -2.24. The van der Waals surface area contributed by atoms with Crippen LogP contribution >= 0.6 is 11.8 Å². The van der Waals surface area contributed by atoms with E-state index in [0.29, 0.717) is 28.8 Å². The van der Waals surface area contributed by atoms with Crippen LogP contribution in [0.15, 0.2) is 84.0 Å². The van der Waals surface area contributed by atoms with E-state index >= 15 is 0 Å². The molecule has 4 rings (SSSR count). The Morgan fingerprint density at radius 2 is 1.74 bits per heavy atom. The van der Waals surface area contributed by atoms with Gasteiger partial charge in [-0.2, -0.15) is 13.2 Å². The molecule has 1 heterocycles. The third-order valence-electron chi connectivity index (χ3n) is 5.08. The lowest BCUT2D eigenvalue weighted by atomic mass is 10.1. The summed E-state index contributed by atoms with van der Waals surface area (Å²) >= 11 is 1.09. The molecule has 0 aliphatic rings. The Morgan fingerprint density at radius 1 is 1.00 bits per heavy atom. The average molecular weight is 499 g/mol. The predicted octanol–water partition coefficient (Wildman–Crippen LogP) is 5.37. The fraction of sp³-hybridized carbons (Fsp3) is 0.160. The minimum absolute atomic E-state index is 0.0204. The highest BCUT2D eigenvalue weighted by molar-refractivity contribution is 7.99. The number of halogens is 3. The van der Waals surface area contributed by atoms with E-state index in [9.17, 15) is 18.0 Å². The summed E-state index contributed by atoms with van der Waals surface area (Å²) in [6.07, 6.45) is -4.51. The summed E-state index contributed by atoms with van der Waals surface area (Å²) in [4.78, 5) is 12.4. The zero-order valence-electron chi connectivity index (χ0n) is 18.6. The van der Waals surface area contributed by atoms with E-state index in [0.717, 1.165) is 29.5 Å². The fourth-order valence-electron chi connectivity index (χ4n) is 3.32. The number of rotatable bonds is 8. The minimum Gasteiger partial charge on any atom is -0.497 e. The number of alkyl halides is 3. The number of nitrogens with zero attached hydrogens (tertiary/aromatic N) is 3. The van der Waals surface area contributed by atoms with Crippen LogP contribution in [0.2, 0.25) is 0 Å². The lowest BCUT2D eigenvalue weighted by molar-refractivity contribution is -0.137. The maximum absolute atomic E-state index is 13.4. The quantitative estimate of drug-likeness (QED) is 0.331. The Labute approximate surface area is 204 Å². The third-order valence-corrected chi connectivity index (χ3v) is 6.01. The number of amides is 1. The highest BCUT2D eigenvalue weighted by Crippen LogP contribution is 2.33. The minimum atomic E-state index is -4.51. The summed E-state index contributed by atoms with van der Waals surface area (Å²) in [5, 5.41) is 11.5. The third kappa shape index (κ3) is 6.02. The maximum Gasteiger partial charge on any atom is 0.416 e. The molecule has 180 valence electrons. The molecule has 0 aliphatic heterocycles. The van der Waals surface area contributed by atoms with Gasteiger partial charge in [-0.1, -0.05) is 48.2 Å². The summed E-state index contributed by atoms with van der Waals surface area (Å²) in [6, 6.07) is 21.3. The number of nitrogens with one attached hydrogen (secondary N) is 1. The van der Waals surface area contributed by atoms with Gasteiger partial charge in [-0.05, 0) is 48.0 Å². The Balaban J connectivity index is 1.62. The number of carbonyl (C=O) groups is 1. The van der Waals surface area contributed by atoms with Crippen LogP contribution in [0.25, 0.3) is 17.1 Å². The van der Waals surface area contributed by atoms with Crippen molar-refractivity contribution in [3.05, 3.63) is 90.0 Å². The SMILES string of the molecule is COc1ccc(-c2nnc(SCC(=O)NCc3ccccc3)n2-c2cccc(C(F)(F)F)c2)cc1. The first-order chi connectivity index (χ1) is 16.8. The lowest BCUT2D eigenvalue weighted by Gasteiger charge is -2.13. The van der Waals surface area contributed by atoms with Gasteiger partial charge in [0, 0.05) is 12.1 Å². The maximum atomic E-state index is 13.4. The first-order valence-electron chi connectivity index (χ1n) is 10.6. The van der Waals surface area contributed by atoms with Crippen molar-refractivity contribution in [2.75, 3.05) is 12.9 Å². The average Bonchev–Trinajstić information content (AvgIpc) is 3.30. The fourth-order valence-corrected chi connectivity index (χ4v) is 4.10. The summed E-state index contributed by atoms with van der Waals surface area (Å²) in [6.45, 7) is 0.373. The highest BCUT2D eigenvalue weighted by atomic mass is 32.2. The van der Waals surface area contributed by atoms with Crippen LogP contribution in [0, 0.1) is 0 Å². The molecule has 4 aromatic rings. The summed E-state index contributed by atoms with van der Waals surface area (Å²) in [7, 11) is 1.54. The van der Waals surface area contributed by atoms with Gasteiger partial charge in [0.05, 0.1) is 24.1 Å². The number of carbonyl (C=O) groups excluding carboxylic acids is 1. The molecule has 0 atom stereocenters. The number of aromatic nitrogens is 3. The molecular weight excluding hydrogens is 477 g/mol. The molecule has 0 unspecified atom stereocenters. The van der Waals surface area contributed by atoms with Crippen LogP contribution in [0.1, 0.15) is 11.1 Å². The van der Waals surface area contributed by atoms with Crippen molar-refractivity contribution in [1.82, 2.24) is 20.1 Å². The van der Waals surface area contributed by atoms with Crippen molar-refractivity contribution in [3.8, 4) is 22.8 Å². The van der Waals surface area contributed by atoms with Crippen molar-refractivity contribution >= 4 is 17.7 Å². The molecule has 3 aromatic carbocycles. The summed E-state index contributed by atoms with van der Waals surface area (Å²) in [5.41, 5.74) is 1.04. The summed E-state index contributed by atoms with van der Waals surface area (Å²) < 4.78 is 46.9. The molecule has 0 radical (unpaired) electrons. The monoisotopic (exact) mass is 498 g/mol. The van der Waals surface area contributed by atoms with E-state index < -0.39 is 11.7 Å². The molecule has 6 nitrogen and oxygen atoms in total. The second-order valence-corrected chi connectivity index (χ2v) is 8.41. The molecule has 0 saturated heterocycles. The van der Waals surface area contributed by atoms with Gasteiger partial charge in [-0.3, -0.25) is 9.36 Å². The van der Waals surface area contributed by atoms with E-state index in [1.165, 1.54) is 17.7 Å². The van der Waals surface area contributed by atoms with Crippen molar-refractivity contribution in [1.29, 1.82) is 0 Å². The molecule has 0 saturated carbocycles. The van der Waals surface area contributed by atoms with Gasteiger partial charge in [0.15, 0.2) is 11.0 Å². The predicted molar refractivity (Wildman–Crippen MR) is 127 cm³/mol. The number of methoxy groups -OCH3 is 1. The normalized spacial score (nSPS) is 11.3. The van der Waals surface area contributed by atoms with Crippen molar-refractivity contribution in [2.24, 2.45) is 0 Å². The summed E-state index contributed by atoms with van der Waals surface area (Å²) in [5.74, 6) is 0.762. The van der Waals surface area contributed by atoms with Crippen molar-refractivity contribution in [2.45, 2.75) is 17.9 Å². The molecule has 35 heavy (non-hydrogen) atoms. The molecule has 0 aliphatic carbocycles. The van der Waals surface area contributed by atoms with Gasteiger partial charge in [-0.15, -0.1) is 10.2 Å². The zero-order chi connectivity index (χ0) is 24.8. The Morgan fingerprint density at radius 3 is 2.43 bits per heavy atom. The smallest absolute Gasteiger partial charge is 0.416 e. The zero-order valence-corrected chi connectivity index (χ0v) is 19.4. The van der Waals surface area contributed by atoms with E-state index in [-0.39, 0.29) is 17.3 Å². The van der Waals surface area contributed by atoms with Gasteiger partial charge in [0.1, 0.15) is 5.75 Å². The molecule has 0 spiro atoms. The highest BCUT2D eigenvalue weighted by Gasteiger charge is 2.31. The van der Waals surface area contributed by atoms with Gasteiger partial charge in [0.2, 0.25) is 5.91 Å². The number of thioether (sulfide) groups is 1. The van der Waals surface area contributed by atoms with Crippen LogP contribution in [0.4, 0.5) is 13.2 Å². The number of hydrogen-bond acceptors (Lipinski definition) is 5. The molecule has 1 N–H and O–H groups in total. The molecule has 1 amide bonds. The van der Waals surface area contributed by atoms with Gasteiger partial charge in [-0.25, -0.2) is 0 Å². The molecular formula is C25H21F3N4O2S. The van der Waals surface area contributed by atoms with Crippen LogP contribution in [0.5, 0.6) is 5.75 Å². The Kier molecular flexibility index (Phi) is 7.40. The second kappa shape index (κ2) is 10.6. The number of ether oxygens (including phenoxy) is 1. The Hall–Kier alpha value is -3.79. The van der Waals surface area contributed by atoms with Crippen LogP contribution in [-0.2, 0) is 17.5 Å². The van der Waals surface area contributed by atoms with Gasteiger partial charge in [0.25, 0.3) is 0 Å². The van der Waals surface area contributed by atoms with E-state index in [1.54, 1.807) is 30.3 Å². The second-order valence-electron chi connectivity index (χ2n) is 7.47.